The summed E-state index contributed by atoms with van der Waals surface area (Å²) in [7, 11) is 0. The van der Waals surface area contributed by atoms with E-state index >= 15 is 0 Å². The maximum Gasteiger partial charge on any atom is 0.128 e. The third kappa shape index (κ3) is 2.30. The summed E-state index contributed by atoms with van der Waals surface area (Å²) in [4.78, 5) is 0. The Kier molecular flexibility index (Phi) is 3.61. The minimum Gasteiger partial charge on any atom is -0.392 e. The lowest BCUT2D eigenvalue weighted by atomic mass is 9.96. The first kappa shape index (κ1) is 11.1. The Balaban J connectivity index is 2.99. The number of nitrogens with two attached hydrogens (primary N) is 1. The van der Waals surface area contributed by atoms with E-state index in [0.29, 0.717) is 11.1 Å². The quantitative estimate of drug-likeness (QED) is 0.778. The van der Waals surface area contributed by atoms with Crippen LogP contribution in [0.25, 0.3) is 0 Å². The Morgan fingerprint density at radius 1 is 1.43 bits per heavy atom. The van der Waals surface area contributed by atoms with Gasteiger partial charge in [-0.1, -0.05) is 26.0 Å². The number of hydrogen-bond donors (Lipinski definition) is 2. The van der Waals surface area contributed by atoms with E-state index in [1.54, 1.807) is 12.1 Å². The van der Waals surface area contributed by atoms with Crippen LogP contribution < -0.4 is 5.73 Å². The molecule has 0 aliphatic heterocycles. The zero-order chi connectivity index (χ0) is 10.7. The summed E-state index contributed by atoms with van der Waals surface area (Å²) in [5.41, 5.74) is 6.91. The molecule has 0 saturated carbocycles. The molecular weight excluding hydrogens is 181 g/mol. The molecule has 1 unspecified atom stereocenters. The van der Waals surface area contributed by atoms with Gasteiger partial charge in [-0.15, -0.1) is 0 Å². The van der Waals surface area contributed by atoms with Gasteiger partial charge in [0.25, 0.3) is 0 Å². The lowest BCUT2D eigenvalue weighted by Crippen LogP contribution is -2.18. The highest BCUT2D eigenvalue weighted by Gasteiger charge is 2.14. The molecule has 3 heteroatoms. The Morgan fingerprint density at radius 2 is 2.07 bits per heavy atom. The third-order valence-corrected chi connectivity index (χ3v) is 2.32. The largest absolute Gasteiger partial charge is 0.392 e. The van der Waals surface area contributed by atoms with Crippen LogP contribution in [-0.4, -0.2) is 5.11 Å². The van der Waals surface area contributed by atoms with Gasteiger partial charge in [-0.3, -0.25) is 0 Å². The van der Waals surface area contributed by atoms with Gasteiger partial charge in [0.15, 0.2) is 0 Å². The second kappa shape index (κ2) is 4.53. The van der Waals surface area contributed by atoms with Crippen LogP contribution >= 0.6 is 0 Å². The minimum atomic E-state index is -0.335. The number of hydrogen-bond acceptors (Lipinski definition) is 2. The molecule has 0 fully saturated rings. The molecule has 3 N–H and O–H groups in total. The second-order valence-electron chi connectivity index (χ2n) is 3.78. The molecule has 1 rings (SSSR count). The standard InChI is InChI=1S/C11H16FNO/c1-7(2)11(13)9-4-3-8(6-14)5-10(9)12/h3-5,7,11,14H,6,13H2,1-2H3. The van der Waals surface area contributed by atoms with E-state index in [1.165, 1.54) is 6.07 Å². The van der Waals surface area contributed by atoms with Gasteiger partial charge in [0.05, 0.1) is 6.61 Å². The van der Waals surface area contributed by atoms with Gasteiger partial charge in [0.2, 0.25) is 0 Å². The smallest absolute Gasteiger partial charge is 0.128 e. The molecule has 1 aromatic rings. The summed E-state index contributed by atoms with van der Waals surface area (Å²) in [6, 6.07) is 4.38. The van der Waals surface area contributed by atoms with Crippen molar-refractivity contribution in [1.29, 1.82) is 0 Å². The third-order valence-electron chi connectivity index (χ3n) is 2.32. The molecule has 1 aromatic carbocycles. The van der Waals surface area contributed by atoms with Crippen molar-refractivity contribution in [3.05, 3.63) is 35.1 Å². The van der Waals surface area contributed by atoms with E-state index in [9.17, 15) is 4.39 Å². The van der Waals surface area contributed by atoms with Crippen molar-refractivity contribution in [3.8, 4) is 0 Å². The van der Waals surface area contributed by atoms with Crippen LogP contribution in [0.4, 0.5) is 4.39 Å². The fourth-order valence-electron chi connectivity index (χ4n) is 1.30. The van der Waals surface area contributed by atoms with E-state index in [0.717, 1.165) is 0 Å². The van der Waals surface area contributed by atoms with Gasteiger partial charge in [0, 0.05) is 11.6 Å². The van der Waals surface area contributed by atoms with Crippen LogP contribution in [0, 0.1) is 11.7 Å². The number of benzene rings is 1. The molecule has 0 aliphatic carbocycles. The molecule has 2 nitrogen and oxygen atoms in total. The summed E-state index contributed by atoms with van der Waals surface area (Å²) in [6.45, 7) is 3.75. The predicted octanol–water partition coefficient (Wildman–Crippen LogP) is 1.97. The molecule has 78 valence electrons. The first-order valence-electron chi connectivity index (χ1n) is 4.71. The lowest BCUT2D eigenvalue weighted by Gasteiger charge is -2.17. The first-order chi connectivity index (χ1) is 6.56. The molecule has 0 spiro atoms. The maximum absolute atomic E-state index is 13.5. The molecule has 0 heterocycles. The molecule has 0 saturated heterocycles. The topological polar surface area (TPSA) is 46.2 Å². The van der Waals surface area contributed by atoms with E-state index < -0.39 is 0 Å². The molecule has 14 heavy (non-hydrogen) atoms. The molecule has 0 amide bonds. The summed E-state index contributed by atoms with van der Waals surface area (Å²) in [5.74, 6) is -0.137. The van der Waals surface area contributed by atoms with Gasteiger partial charge in [-0.25, -0.2) is 4.39 Å². The fourth-order valence-corrected chi connectivity index (χ4v) is 1.30. The lowest BCUT2D eigenvalue weighted by molar-refractivity contribution is 0.281. The average Bonchev–Trinajstić information content (AvgIpc) is 2.16. The van der Waals surface area contributed by atoms with E-state index in [-0.39, 0.29) is 24.4 Å². The summed E-state index contributed by atoms with van der Waals surface area (Å²) >= 11 is 0. The SMILES string of the molecule is CC(C)C(N)c1ccc(CO)cc1F. The van der Waals surface area contributed by atoms with Crippen molar-refractivity contribution in [2.24, 2.45) is 11.7 Å². The normalized spacial score (nSPS) is 13.3. The molecule has 0 aromatic heterocycles. The average molecular weight is 197 g/mol. The van der Waals surface area contributed by atoms with Gasteiger partial charge >= 0.3 is 0 Å². The zero-order valence-corrected chi connectivity index (χ0v) is 8.50. The summed E-state index contributed by atoms with van der Waals surface area (Å²) < 4.78 is 13.5. The maximum atomic E-state index is 13.5. The van der Waals surface area contributed by atoms with Crippen LogP contribution in [0.1, 0.15) is 31.0 Å². The Labute approximate surface area is 83.6 Å². The molecule has 0 aliphatic rings. The fraction of sp³-hybridized carbons (Fsp3) is 0.455. The van der Waals surface area contributed by atoms with Gasteiger partial charge < -0.3 is 10.8 Å². The van der Waals surface area contributed by atoms with Crippen LogP contribution in [0.2, 0.25) is 0 Å². The van der Waals surface area contributed by atoms with Crippen molar-refractivity contribution in [2.45, 2.75) is 26.5 Å². The molecular formula is C11H16FNO. The molecule has 1 atom stereocenters. The molecule has 0 bridgehead atoms. The minimum absolute atomic E-state index is 0.145. The van der Waals surface area contributed by atoms with Crippen molar-refractivity contribution in [1.82, 2.24) is 0 Å². The summed E-state index contributed by atoms with van der Waals surface area (Å²) in [5, 5.41) is 8.80. The monoisotopic (exact) mass is 197 g/mol. The highest BCUT2D eigenvalue weighted by Crippen LogP contribution is 2.22. The Hall–Kier alpha value is -0.930. The van der Waals surface area contributed by atoms with Gasteiger partial charge in [0.1, 0.15) is 5.82 Å². The summed E-state index contributed by atoms with van der Waals surface area (Å²) in [6.07, 6.45) is 0. The van der Waals surface area contributed by atoms with E-state index in [4.69, 9.17) is 10.8 Å². The van der Waals surface area contributed by atoms with Crippen molar-refractivity contribution in [3.63, 3.8) is 0 Å². The zero-order valence-electron chi connectivity index (χ0n) is 8.50. The number of aliphatic hydroxyl groups is 1. The predicted molar refractivity (Wildman–Crippen MR) is 54.1 cm³/mol. The van der Waals surface area contributed by atoms with Crippen molar-refractivity contribution in [2.75, 3.05) is 0 Å². The molecule has 0 radical (unpaired) electrons. The van der Waals surface area contributed by atoms with E-state index in [1.807, 2.05) is 13.8 Å². The highest BCUT2D eigenvalue weighted by molar-refractivity contribution is 5.26. The van der Waals surface area contributed by atoms with Crippen LogP contribution in [-0.2, 0) is 6.61 Å². The Bertz CT molecular complexity index is 312. The number of halogens is 1. The highest BCUT2D eigenvalue weighted by atomic mass is 19.1. The van der Waals surface area contributed by atoms with Crippen LogP contribution in [0.15, 0.2) is 18.2 Å². The van der Waals surface area contributed by atoms with Crippen LogP contribution in [0.5, 0.6) is 0 Å². The van der Waals surface area contributed by atoms with Gasteiger partial charge in [-0.05, 0) is 17.5 Å². The van der Waals surface area contributed by atoms with E-state index in [2.05, 4.69) is 0 Å². The Morgan fingerprint density at radius 3 is 2.50 bits per heavy atom. The second-order valence-corrected chi connectivity index (χ2v) is 3.78. The number of rotatable bonds is 3. The number of aliphatic hydroxyl groups excluding tert-OH is 1. The van der Waals surface area contributed by atoms with Crippen molar-refractivity contribution >= 4 is 0 Å². The van der Waals surface area contributed by atoms with Gasteiger partial charge in [-0.2, -0.15) is 0 Å². The first-order valence-corrected chi connectivity index (χ1v) is 4.71. The van der Waals surface area contributed by atoms with Crippen LogP contribution in [0.3, 0.4) is 0 Å². The van der Waals surface area contributed by atoms with Crippen molar-refractivity contribution < 1.29 is 9.50 Å².